The molecule has 0 aliphatic rings. The summed E-state index contributed by atoms with van der Waals surface area (Å²) < 4.78 is 0. The van der Waals surface area contributed by atoms with Crippen molar-refractivity contribution in [3.63, 3.8) is 0 Å². The third-order valence-electron chi connectivity index (χ3n) is 2.21. The number of carboxylic acid groups (broad SMARTS) is 1. The van der Waals surface area contributed by atoms with Gasteiger partial charge in [0.25, 0.3) is 0 Å². The van der Waals surface area contributed by atoms with Crippen molar-refractivity contribution in [2.24, 2.45) is 5.92 Å². The highest BCUT2D eigenvalue weighted by molar-refractivity contribution is 5.80. The predicted molar refractivity (Wildman–Crippen MR) is 70.6 cm³/mol. The summed E-state index contributed by atoms with van der Waals surface area (Å²) in [6.07, 6.45) is 0. The Labute approximate surface area is 109 Å². The Balaban J connectivity index is 4.40. The number of urea groups is 1. The average Bonchev–Trinajstić information content (AvgIpc) is 2.13. The Morgan fingerprint density at radius 1 is 1.17 bits per heavy atom. The maximum Gasteiger partial charge on any atom is 0.323 e. The second kappa shape index (κ2) is 7.92. The van der Waals surface area contributed by atoms with Gasteiger partial charge in [-0.25, -0.2) is 4.79 Å². The molecule has 2 amide bonds. The van der Waals surface area contributed by atoms with Crippen molar-refractivity contribution in [2.45, 2.75) is 26.8 Å². The van der Waals surface area contributed by atoms with Crippen molar-refractivity contribution >= 4 is 12.0 Å². The van der Waals surface area contributed by atoms with Gasteiger partial charge in [-0.3, -0.25) is 4.79 Å². The van der Waals surface area contributed by atoms with Crippen LogP contribution in [0.2, 0.25) is 0 Å². The van der Waals surface area contributed by atoms with E-state index >= 15 is 0 Å². The molecule has 0 aliphatic heterocycles. The maximum absolute atomic E-state index is 11.9. The zero-order valence-corrected chi connectivity index (χ0v) is 11.9. The van der Waals surface area contributed by atoms with E-state index in [1.807, 2.05) is 39.8 Å². The smallest absolute Gasteiger partial charge is 0.323 e. The molecule has 18 heavy (non-hydrogen) atoms. The maximum atomic E-state index is 11.9. The molecule has 106 valence electrons. The van der Waals surface area contributed by atoms with Gasteiger partial charge in [0.05, 0.1) is 0 Å². The standard InChI is InChI=1S/C12H25N3O3/c1-9(2)6-15(8-11(16)17)12(18)13-10(3)7-14(4)5/h9-10H,6-8H2,1-5H3,(H,13,18)(H,16,17). The van der Waals surface area contributed by atoms with Crippen molar-refractivity contribution in [2.75, 3.05) is 33.7 Å². The number of carbonyl (C=O) groups is 2. The molecule has 0 saturated carbocycles. The first-order valence-electron chi connectivity index (χ1n) is 6.14. The lowest BCUT2D eigenvalue weighted by Crippen LogP contribution is -2.49. The number of hydrogen-bond donors (Lipinski definition) is 2. The Kier molecular flexibility index (Phi) is 7.35. The number of hydrogen-bond acceptors (Lipinski definition) is 3. The zero-order valence-electron chi connectivity index (χ0n) is 11.9. The summed E-state index contributed by atoms with van der Waals surface area (Å²) in [6.45, 7) is 6.68. The topological polar surface area (TPSA) is 72.9 Å². The molecule has 0 radical (unpaired) electrons. The highest BCUT2D eigenvalue weighted by atomic mass is 16.4. The molecule has 0 spiro atoms. The first-order valence-corrected chi connectivity index (χ1v) is 6.14. The third kappa shape index (κ3) is 7.89. The Hall–Kier alpha value is -1.30. The highest BCUT2D eigenvalue weighted by Gasteiger charge is 2.19. The molecule has 2 N–H and O–H groups in total. The first kappa shape index (κ1) is 16.7. The minimum Gasteiger partial charge on any atom is -0.480 e. The number of carbonyl (C=O) groups excluding carboxylic acids is 1. The van der Waals surface area contributed by atoms with Crippen LogP contribution in [0.15, 0.2) is 0 Å². The van der Waals surface area contributed by atoms with Crippen LogP contribution in [0.3, 0.4) is 0 Å². The molecule has 0 rings (SSSR count). The molecule has 0 fully saturated rings. The molecule has 0 aromatic heterocycles. The number of carboxylic acids is 1. The van der Waals surface area contributed by atoms with Gasteiger partial charge in [-0.15, -0.1) is 0 Å². The molecule has 6 nitrogen and oxygen atoms in total. The fraction of sp³-hybridized carbons (Fsp3) is 0.833. The summed E-state index contributed by atoms with van der Waals surface area (Å²) in [7, 11) is 3.84. The normalized spacial score (nSPS) is 12.6. The number of amides is 2. The van der Waals surface area contributed by atoms with Crippen LogP contribution in [0.25, 0.3) is 0 Å². The van der Waals surface area contributed by atoms with E-state index in [0.29, 0.717) is 13.1 Å². The SMILES string of the molecule is CC(C)CN(CC(=O)O)C(=O)NC(C)CN(C)C. The van der Waals surface area contributed by atoms with Gasteiger partial charge in [0, 0.05) is 19.1 Å². The van der Waals surface area contributed by atoms with E-state index in [4.69, 9.17) is 5.11 Å². The third-order valence-corrected chi connectivity index (χ3v) is 2.21. The van der Waals surface area contributed by atoms with Gasteiger partial charge in [-0.05, 0) is 26.9 Å². The minimum absolute atomic E-state index is 0.0176. The molecular formula is C12H25N3O3. The molecule has 0 heterocycles. The molecule has 1 unspecified atom stereocenters. The molecule has 6 heteroatoms. The molecule has 0 saturated heterocycles. The lowest BCUT2D eigenvalue weighted by Gasteiger charge is -2.26. The summed E-state index contributed by atoms with van der Waals surface area (Å²) in [4.78, 5) is 26.0. The van der Waals surface area contributed by atoms with E-state index in [9.17, 15) is 9.59 Å². The fourth-order valence-corrected chi connectivity index (χ4v) is 1.72. The van der Waals surface area contributed by atoms with Crippen LogP contribution in [0, 0.1) is 5.92 Å². The van der Waals surface area contributed by atoms with E-state index < -0.39 is 5.97 Å². The van der Waals surface area contributed by atoms with Gasteiger partial charge in [-0.2, -0.15) is 0 Å². The van der Waals surface area contributed by atoms with Gasteiger partial charge in [0.2, 0.25) is 0 Å². The van der Waals surface area contributed by atoms with Gasteiger partial charge in [-0.1, -0.05) is 13.8 Å². The Bertz CT molecular complexity index is 280. The van der Waals surface area contributed by atoms with Crippen LogP contribution >= 0.6 is 0 Å². The molecule has 0 aromatic rings. The largest absolute Gasteiger partial charge is 0.480 e. The number of likely N-dealkylation sites (N-methyl/N-ethyl adjacent to an activating group) is 1. The molecule has 0 aliphatic carbocycles. The second-order valence-corrected chi connectivity index (χ2v) is 5.28. The van der Waals surface area contributed by atoms with Crippen LogP contribution < -0.4 is 5.32 Å². The van der Waals surface area contributed by atoms with E-state index in [-0.39, 0.29) is 24.5 Å². The Morgan fingerprint density at radius 3 is 2.11 bits per heavy atom. The summed E-state index contributed by atoms with van der Waals surface area (Å²) in [5.41, 5.74) is 0. The van der Waals surface area contributed by atoms with Crippen molar-refractivity contribution < 1.29 is 14.7 Å². The predicted octanol–water partition coefficient (Wildman–Crippen LogP) is 0.689. The second-order valence-electron chi connectivity index (χ2n) is 5.28. The molecule has 0 bridgehead atoms. The fourth-order valence-electron chi connectivity index (χ4n) is 1.72. The Morgan fingerprint density at radius 2 is 1.72 bits per heavy atom. The van der Waals surface area contributed by atoms with Crippen molar-refractivity contribution in [3.05, 3.63) is 0 Å². The van der Waals surface area contributed by atoms with E-state index in [2.05, 4.69) is 5.32 Å². The van der Waals surface area contributed by atoms with Gasteiger partial charge < -0.3 is 20.2 Å². The average molecular weight is 259 g/mol. The first-order chi connectivity index (χ1) is 8.22. The quantitative estimate of drug-likeness (QED) is 0.705. The number of aliphatic carboxylic acids is 1. The van der Waals surface area contributed by atoms with E-state index in [0.717, 1.165) is 0 Å². The number of nitrogens with zero attached hydrogens (tertiary/aromatic N) is 2. The lowest BCUT2D eigenvalue weighted by molar-refractivity contribution is -0.137. The van der Waals surface area contributed by atoms with Gasteiger partial charge in [0.1, 0.15) is 6.54 Å². The zero-order chi connectivity index (χ0) is 14.3. The van der Waals surface area contributed by atoms with E-state index in [1.165, 1.54) is 4.90 Å². The monoisotopic (exact) mass is 259 g/mol. The van der Waals surface area contributed by atoms with Crippen LogP contribution in [0.1, 0.15) is 20.8 Å². The van der Waals surface area contributed by atoms with Crippen molar-refractivity contribution in [3.8, 4) is 0 Å². The highest BCUT2D eigenvalue weighted by Crippen LogP contribution is 2.00. The van der Waals surface area contributed by atoms with Crippen LogP contribution in [0.4, 0.5) is 4.79 Å². The minimum atomic E-state index is -0.994. The van der Waals surface area contributed by atoms with Crippen LogP contribution in [0.5, 0.6) is 0 Å². The molecule has 0 aromatic carbocycles. The lowest BCUT2D eigenvalue weighted by atomic mass is 10.2. The number of rotatable bonds is 7. The summed E-state index contributed by atoms with van der Waals surface area (Å²) in [5, 5.41) is 11.6. The van der Waals surface area contributed by atoms with Crippen LogP contribution in [-0.2, 0) is 4.79 Å². The van der Waals surface area contributed by atoms with Crippen LogP contribution in [-0.4, -0.2) is 66.7 Å². The van der Waals surface area contributed by atoms with Gasteiger partial charge >= 0.3 is 12.0 Å². The van der Waals surface area contributed by atoms with Crippen molar-refractivity contribution in [1.29, 1.82) is 0 Å². The summed E-state index contributed by atoms with van der Waals surface area (Å²) in [5.74, 6) is -0.759. The number of nitrogens with one attached hydrogen (secondary N) is 1. The molecule has 1 atom stereocenters. The van der Waals surface area contributed by atoms with Gasteiger partial charge in [0.15, 0.2) is 0 Å². The molecular weight excluding hydrogens is 234 g/mol. The summed E-state index contributed by atoms with van der Waals surface area (Å²) in [6, 6.07) is -0.337. The van der Waals surface area contributed by atoms with Crippen molar-refractivity contribution in [1.82, 2.24) is 15.1 Å². The van der Waals surface area contributed by atoms with E-state index in [1.54, 1.807) is 0 Å². The summed E-state index contributed by atoms with van der Waals surface area (Å²) >= 11 is 0.